The van der Waals surface area contributed by atoms with Gasteiger partial charge >= 0.3 is 5.97 Å². The molecular formula is C18H16ClNO3. The Morgan fingerprint density at radius 2 is 1.87 bits per heavy atom. The molecule has 3 aromatic rings. The molecule has 0 aliphatic rings. The second kappa shape index (κ2) is 5.97. The number of para-hydroxylation sites is 1. The number of rotatable bonds is 4. The molecule has 4 nitrogen and oxygen atoms in total. The van der Waals surface area contributed by atoms with Gasteiger partial charge < -0.3 is 14.4 Å². The molecule has 0 spiro atoms. The summed E-state index contributed by atoms with van der Waals surface area (Å²) in [5, 5.41) is 11.0. The minimum absolute atomic E-state index is 0.0992. The third-order valence-electron chi connectivity index (χ3n) is 3.45. The zero-order chi connectivity index (χ0) is 16.6. The first-order valence-electron chi connectivity index (χ1n) is 7.28. The lowest BCUT2D eigenvalue weighted by molar-refractivity contribution is 0.0682. The fraction of sp³-hybridized carbons (Fsp3) is 0.167. The number of aromatic carboxylic acids is 1. The van der Waals surface area contributed by atoms with E-state index in [1.54, 1.807) is 16.7 Å². The highest BCUT2D eigenvalue weighted by molar-refractivity contribution is 6.31. The van der Waals surface area contributed by atoms with Crippen molar-refractivity contribution in [3.63, 3.8) is 0 Å². The van der Waals surface area contributed by atoms with Crippen LogP contribution in [0, 0.1) is 0 Å². The molecule has 0 atom stereocenters. The molecule has 0 amide bonds. The minimum atomic E-state index is -1.04. The van der Waals surface area contributed by atoms with E-state index in [1.165, 1.54) is 0 Å². The van der Waals surface area contributed by atoms with Crippen molar-refractivity contribution in [1.82, 2.24) is 4.57 Å². The second-order valence-corrected chi connectivity index (χ2v) is 5.92. The van der Waals surface area contributed by atoms with Crippen molar-refractivity contribution >= 4 is 28.5 Å². The summed E-state index contributed by atoms with van der Waals surface area (Å²) in [5.41, 5.74) is 1.60. The van der Waals surface area contributed by atoms with Crippen molar-refractivity contribution in [2.45, 2.75) is 20.0 Å². The van der Waals surface area contributed by atoms with Crippen LogP contribution in [-0.4, -0.2) is 21.7 Å². The van der Waals surface area contributed by atoms with Crippen LogP contribution in [0.3, 0.4) is 0 Å². The number of nitrogens with zero attached hydrogens (tertiary/aromatic N) is 1. The summed E-state index contributed by atoms with van der Waals surface area (Å²) in [5.74, 6) is -0.703. The molecule has 0 radical (unpaired) electrons. The van der Waals surface area contributed by atoms with Gasteiger partial charge in [-0.3, -0.25) is 0 Å². The highest BCUT2D eigenvalue weighted by atomic mass is 35.5. The Hall–Kier alpha value is -2.46. The summed E-state index contributed by atoms with van der Waals surface area (Å²) in [4.78, 5) is 11.9. The van der Waals surface area contributed by atoms with Gasteiger partial charge in [-0.05, 0) is 44.2 Å². The smallest absolute Gasteiger partial charge is 0.356 e. The summed E-state index contributed by atoms with van der Waals surface area (Å²) in [6, 6.07) is 14.6. The Bertz CT molecular complexity index is 869. The van der Waals surface area contributed by atoms with E-state index >= 15 is 0 Å². The van der Waals surface area contributed by atoms with Crippen LogP contribution in [0.1, 0.15) is 24.3 Å². The average molecular weight is 330 g/mol. The van der Waals surface area contributed by atoms with Crippen LogP contribution in [0.5, 0.6) is 5.75 Å². The van der Waals surface area contributed by atoms with Gasteiger partial charge in [-0.1, -0.05) is 29.8 Å². The maximum absolute atomic E-state index is 11.9. The van der Waals surface area contributed by atoms with Crippen molar-refractivity contribution in [1.29, 1.82) is 0 Å². The molecular weight excluding hydrogens is 314 g/mol. The Labute approximate surface area is 138 Å². The molecule has 1 aromatic heterocycles. The summed E-state index contributed by atoms with van der Waals surface area (Å²) >= 11 is 6.10. The van der Waals surface area contributed by atoms with Gasteiger partial charge in [-0.2, -0.15) is 0 Å². The van der Waals surface area contributed by atoms with Crippen molar-refractivity contribution in [2.75, 3.05) is 0 Å². The predicted octanol–water partition coefficient (Wildman–Crippen LogP) is 4.77. The molecule has 0 aliphatic heterocycles. The normalized spacial score (nSPS) is 11.1. The Morgan fingerprint density at radius 1 is 1.17 bits per heavy atom. The largest absolute Gasteiger partial charge is 0.488 e. The number of aromatic nitrogens is 1. The predicted molar refractivity (Wildman–Crippen MR) is 91.0 cm³/mol. The van der Waals surface area contributed by atoms with Gasteiger partial charge in [0.05, 0.1) is 11.6 Å². The summed E-state index contributed by atoms with van der Waals surface area (Å²) in [6.45, 7) is 3.73. The van der Waals surface area contributed by atoms with Crippen LogP contribution < -0.4 is 4.74 Å². The molecule has 0 bridgehead atoms. The standard InChI is InChI=1S/C18H16ClNO3/c1-11(2)23-17-14-10-12(19)8-9-15(14)20(16(17)18(21)22)13-6-4-3-5-7-13/h3-11H,1-2H3,(H,21,22). The fourth-order valence-corrected chi connectivity index (χ4v) is 2.80. The van der Waals surface area contributed by atoms with Gasteiger partial charge in [-0.15, -0.1) is 0 Å². The van der Waals surface area contributed by atoms with E-state index in [9.17, 15) is 9.90 Å². The van der Waals surface area contributed by atoms with Gasteiger partial charge in [-0.25, -0.2) is 4.79 Å². The third kappa shape index (κ3) is 2.78. The van der Waals surface area contributed by atoms with E-state index in [0.717, 1.165) is 11.2 Å². The van der Waals surface area contributed by atoms with E-state index < -0.39 is 5.97 Å². The molecule has 5 heteroatoms. The van der Waals surface area contributed by atoms with E-state index in [0.29, 0.717) is 16.2 Å². The SMILES string of the molecule is CC(C)Oc1c(C(=O)O)n(-c2ccccc2)c2ccc(Cl)cc12. The van der Waals surface area contributed by atoms with Crippen LogP contribution in [0.2, 0.25) is 5.02 Å². The minimum Gasteiger partial charge on any atom is -0.488 e. The molecule has 0 aliphatic carbocycles. The molecule has 0 saturated carbocycles. The van der Waals surface area contributed by atoms with Crippen LogP contribution in [-0.2, 0) is 0 Å². The highest BCUT2D eigenvalue weighted by Crippen LogP contribution is 2.37. The molecule has 23 heavy (non-hydrogen) atoms. The van der Waals surface area contributed by atoms with Gasteiger partial charge in [0.2, 0.25) is 0 Å². The molecule has 0 saturated heterocycles. The van der Waals surface area contributed by atoms with Crippen molar-refractivity contribution in [3.8, 4) is 11.4 Å². The van der Waals surface area contributed by atoms with Gasteiger partial charge in [0.15, 0.2) is 11.4 Å². The first kappa shape index (κ1) is 15.4. The maximum atomic E-state index is 11.9. The maximum Gasteiger partial charge on any atom is 0.356 e. The highest BCUT2D eigenvalue weighted by Gasteiger charge is 2.25. The number of fused-ring (bicyclic) bond motifs is 1. The lowest BCUT2D eigenvalue weighted by Crippen LogP contribution is -2.12. The lowest BCUT2D eigenvalue weighted by Gasteiger charge is -2.11. The van der Waals surface area contributed by atoms with Crippen molar-refractivity contribution in [2.24, 2.45) is 0 Å². The zero-order valence-electron chi connectivity index (χ0n) is 12.8. The number of hydrogen-bond donors (Lipinski definition) is 1. The molecule has 2 aromatic carbocycles. The summed E-state index contributed by atoms with van der Waals surface area (Å²) in [7, 11) is 0. The first-order valence-corrected chi connectivity index (χ1v) is 7.66. The quantitative estimate of drug-likeness (QED) is 0.750. The van der Waals surface area contributed by atoms with Crippen LogP contribution in [0.25, 0.3) is 16.6 Å². The number of hydrogen-bond acceptors (Lipinski definition) is 2. The molecule has 1 N–H and O–H groups in total. The third-order valence-corrected chi connectivity index (χ3v) is 3.69. The Balaban J connectivity index is 2.42. The monoisotopic (exact) mass is 329 g/mol. The number of halogens is 1. The molecule has 0 fully saturated rings. The summed E-state index contributed by atoms with van der Waals surface area (Å²) in [6.07, 6.45) is -0.151. The van der Waals surface area contributed by atoms with Crippen molar-refractivity contribution < 1.29 is 14.6 Å². The van der Waals surface area contributed by atoms with E-state index in [2.05, 4.69) is 0 Å². The Kier molecular flexibility index (Phi) is 4.01. The number of benzene rings is 2. The molecule has 1 heterocycles. The van der Waals surface area contributed by atoms with Crippen molar-refractivity contribution in [3.05, 3.63) is 59.2 Å². The topological polar surface area (TPSA) is 51.5 Å². The summed E-state index contributed by atoms with van der Waals surface area (Å²) < 4.78 is 7.50. The van der Waals surface area contributed by atoms with Gasteiger partial charge in [0.25, 0.3) is 0 Å². The second-order valence-electron chi connectivity index (χ2n) is 5.48. The fourth-order valence-electron chi connectivity index (χ4n) is 2.63. The van der Waals surface area contributed by atoms with E-state index in [1.807, 2.05) is 50.2 Å². The number of ether oxygens (including phenoxy) is 1. The lowest BCUT2D eigenvalue weighted by atomic mass is 10.2. The van der Waals surface area contributed by atoms with Gasteiger partial charge in [0, 0.05) is 16.1 Å². The number of carboxylic acids is 1. The van der Waals surface area contributed by atoms with E-state index in [4.69, 9.17) is 16.3 Å². The Morgan fingerprint density at radius 3 is 2.48 bits per heavy atom. The molecule has 118 valence electrons. The number of carboxylic acid groups (broad SMARTS) is 1. The van der Waals surface area contributed by atoms with Crippen LogP contribution in [0.4, 0.5) is 0 Å². The van der Waals surface area contributed by atoms with Crippen LogP contribution in [0.15, 0.2) is 48.5 Å². The first-order chi connectivity index (χ1) is 11.0. The molecule has 3 rings (SSSR count). The average Bonchev–Trinajstić information content (AvgIpc) is 2.81. The zero-order valence-corrected chi connectivity index (χ0v) is 13.5. The van der Waals surface area contributed by atoms with Crippen LogP contribution >= 0.6 is 11.6 Å². The number of carbonyl (C=O) groups is 1. The van der Waals surface area contributed by atoms with Gasteiger partial charge in [0.1, 0.15) is 0 Å². The molecule has 0 unspecified atom stereocenters. The van der Waals surface area contributed by atoms with E-state index in [-0.39, 0.29) is 11.8 Å².